The number of nitrogens with one attached hydrogen (secondary N) is 1. The summed E-state index contributed by atoms with van der Waals surface area (Å²) in [4.78, 5) is 13.6. The van der Waals surface area contributed by atoms with E-state index in [2.05, 4.69) is 31.3 Å². The monoisotopic (exact) mass is 276 g/mol. The Labute approximate surface area is 120 Å². The van der Waals surface area contributed by atoms with Crippen LogP contribution in [0, 0.1) is 0 Å². The fraction of sp³-hybridized carbons (Fsp3) is 0.562. The molecule has 110 valence electrons. The maximum Gasteiger partial charge on any atom is 0.320 e. The zero-order valence-corrected chi connectivity index (χ0v) is 12.5. The third kappa shape index (κ3) is 2.80. The molecule has 0 aliphatic carbocycles. The molecule has 0 saturated carbocycles. The number of nitrogens with zero attached hydrogens (tertiary/aromatic N) is 1. The Morgan fingerprint density at radius 1 is 1.25 bits per heavy atom. The fourth-order valence-electron chi connectivity index (χ4n) is 2.78. The van der Waals surface area contributed by atoms with E-state index in [-0.39, 0.29) is 6.03 Å². The van der Waals surface area contributed by atoms with Crippen LogP contribution in [0.15, 0.2) is 24.3 Å². The highest BCUT2D eigenvalue weighted by Crippen LogP contribution is 2.27. The minimum atomic E-state index is -0.777. The summed E-state index contributed by atoms with van der Waals surface area (Å²) in [6, 6.07) is 8.00. The number of amides is 2. The van der Waals surface area contributed by atoms with Crippen LogP contribution in [-0.2, 0) is 13.0 Å². The average Bonchev–Trinajstić information content (AvgIpc) is 2.64. The van der Waals surface area contributed by atoms with Gasteiger partial charge in [0.25, 0.3) is 0 Å². The van der Waals surface area contributed by atoms with Gasteiger partial charge in [-0.3, -0.25) is 4.90 Å². The molecule has 1 aromatic carbocycles. The van der Waals surface area contributed by atoms with E-state index in [0.717, 1.165) is 24.8 Å². The van der Waals surface area contributed by atoms with Crippen LogP contribution in [0.3, 0.4) is 0 Å². The summed E-state index contributed by atoms with van der Waals surface area (Å²) in [5.74, 6) is 0. The largest absolute Gasteiger partial charge is 0.371 e. The van der Waals surface area contributed by atoms with Gasteiger partial charge in [-0.25, -0.2) is 4.79 Å². The van der Waals surface area contributed by atoms with Gasteiger partial charge in [-0.15, -0.1) is 0 Å². The number of rotatable bonds is 5. The maximum absolute atomic E-state index is 12.1. The molecule has 2 atom stereocenters. The van der Waals surface area contributed by atoms with Crippen molar-refractivity contribution in [2.75, 3.05) is 0 Å². The Morgan fingerprint density at radius 2 is 1.85 bits per heavy atom. The number of carbonyl (C=O) groups excluding carboxylic acids is 1. The number of urea groups is 1. The van der Waals surface area contributed by atoms with Crippen molar-refractivity contribution < 1.29 is 9.90 Å². The van der Waals surface area contributed by atoms with Crippen LogP contribution >= 0.6 is 0 Å². The molecule has 1 aliphatic heterocycles. The lowest BCUT2D eigenvalue weighted by Crippen LogP contribution is -2.47. The smallest absolute Gasteiger partial charge is 0.320 e. The molecular formula is C16H24N2O2. The van der Waals surface area contributed by atoms with Crippen molar-refractivity contribution in [3.05, 3.63) is 35.4 Å². The second-order valence-corrected chi connectivity index (χ2v) is 5.77. The van der Waals surface area contributed by atoms with E-state index in [1.165, 1.54) is 10.5 Å². The van der Waals surface area contributed by atoms with Crippen LogP contribution in [0.2, 0.25) is 0 Å². The molecule has 2 unspecified atom stereocenters. The highest BCUT2D eigenvalue weighted by molar-refractivity contribution is 5.78. The molecule has 0 spiro atoms. The molecule has 0 radical (unpaired) electrons. The topological polar surface area (TPSA) is 52.6 Å². The number of carbonyl (C=O) groups is 1. The van der Waals surface area contributed by atoms with E-state index in [4.69, 9.17) is 0 Å². The van der Waals surface area contributed by atoms with Crippen molar-refractivity contribution in [3.8, 4) is 0 Å². The molecule has 0 aromatic heterocycles. The molecule has 1 aliphatic rings. The summed E-state index contributed by atoms with van der Waals surface area (Å²) >= 11 is 0. The minimum Gasteiger partial charge on any atom is -0.371 e. The molecule has 4 nitrogen and oxygen atoms in total. The fourth-order valence-corrected chi connectivity index (χ4v) is 2.78. The highest BCUT2D eigenvalue weighted by Gasteiger charge is 2.46. The van der Waals surface area contributed by atoms with E-state index < -0.39 is 11.8 Å². The quantitative estimate of drug-likeness (QED) is 0.868. The number of hydrogen-bond donors (Lipinski definition) is 2. The maximum atomic E-state index is 12.1. The average molecular weight is 276 g/mol. The van der Waals surface area contributed by atoms with Crippen molar-refractivity contribution in [1.82, 2.24) is 10.2 Å². The Kier molecular flexibility index (Phi) is 4.33. The molecule has 2 N–H and O–H groups in total. The van der Waals surface area contributed by atoms with E-state index >= 15 is 0 Å². The predicted molar refractivity (Wildman–Crippen MR) is 79.2 cm³/mol. The van der Waals surface area contributed by atoms with Crippen LogP contribution in [0.5, 0.6) is 0 Å². The predicted octanol–water partition coefficient (Wildman–Crippen LogP) is 2.65. The van der Waals surface area contributed by atoms with Crippen molar-refractivity contribution >= 4 is 6.03 Å². The molecule has 1 heterocycles. The van der Waals surface area contributed by atoms with Crippen LogP contribution in [0.25, 0.3) is 0 Å². The number of aryl methyl sites for hydroxylation is 1. The number of aliphatic hydroxyl groups is 1. The number of benzene rings is 1. The number of hydrogen-bond acceptors (Lipinski definition) is 2. The summed E-state index contributed by atoms with van der Waals surface area (Å²) in [5.41, 5.74) is 1.77. The van der Waals surface area contributed by atoms with E-state index in [1.807, 2.05) is 19.1 Å². The van der Waals surface area contributed by atoms with Gasteiger partial charge in [-0.05, 0) is 30.9 Å². The third-order valence-electron chi connectivity index (χ3n) is 4.07. The van der Waals surface area contributed by atoms with Gasteiger partial charge < -0.3 is 10.4 Å². The van der Waals surface area contributed by atoms with Gasteiger partial charge >= 0.3 is 6.03 Å². The molecule has 2 amide bonds. The van der Waals surface area contributed by atoms with Gasteiger partial charge in [0.15, 0.2) is 6.23 Å². The van der Waals surface area contributed by atoms with Gasteiger partial charge in [0.1, 0.15) is 0 Å². The van der Waals surface area contributed by atoms with Crippen LogP contribution < -0.4 is 5.32 Å². The zero-order valence-electron chi connectivity index (χ0n) is 12.5. The molecule has 20 heavy (non-hydrogen) atoms. The zero-order chi connectivity index (χ0) is 14.8. The lowest BCUT2D eigenvalue weighted by atomic mass is 9.95. The number of aliphatic hydroxyl groups excluding tert-OH is 1. The van der Waals surface area contributed by atoms with E-state index in [0.29, 0.717) is 6.54 Å². The Morgan fingerprint density at radius 3 is 2.40 bits per heavy atom. The first-order valence-electron chi connectivity index (χ1n) is 7.35. The first-order chi connectivity index (χ1) is 9.50. The van der Waals surface area contributed by atoms with Gasteiger partial charge in [0, 0.05) is 0 Å². The normalized spacial score (nSPS) is 25.9. The Bertz CT molecular complexity index is 472. The van der Waals surface area contributed by atoms with Crippen LogP contribution in [0.1, 0.15) is 44.7 Å². The Balaban J connectivity index is 2.10. The molecule has 1 saturated heterocycles. The van der Waals surface area contributed by atoms with Crippen molar-refractivity contribution in [2.24, 2.45) is 0 Å². The summed E-state index contributed by atoms with van der Waals surface area (Å²) in [5, 5.41) is 13.3. The standard InChI is InChI=1S/C16H24N2O2/c1-4-10-16(3)14(19)18(15(20)17-16)11-13-8-6-12(5-2)7-9-13/h6-9,14,19H,4-5,10-11H2,1-3H3,(H,17,20). The lowest BCUT2D eigenvalue weighted by molar-refractivity contribution is 0.00113. The first kappa shape index (κ1) is 14.9. The molecule has 2 rings (SSSR count). The van der Waals surface area contributed by atoms with Crippen LogP contribution in [0.4, 0.5) is 4.79 Å². The van der Waals surface area contributed by atoms with Crippen LogP contribution in [-0.4, -0.2) is 27.8 Å². The second kappa shape index (κ2) is 5.83. The van der Waals surface area contributed by atoms with Gasteiger partial charge in [-0.2, -0.15) is 0 Å². The van der Waals surface area contributed by atoms with Gasteiger partial charge in [0.05, 0.1) is 12.1 Å². The van der Waals surface area contributed by atoms with Gasteiger partial charge in [0.2, 0.25) is 0 Å². The SMILES string of the molecule is CCCC1(C)NC(=O)N(Cc2ccc(CC)cc2)C1O. The molecule has 0 bridgehead atoms. The van der Waals surface area contributed by atoms with Crippen molar-refractivity contribution in [1.29, 1.82) is 0 Å². The summed E-state index contributed by atoms with van der Waals surface area (Å²) in [7, 11) is 0. The third-order valence-corrected chi connectivity index (χ3v) is 4.07. The van der Waals surface area contributed by atoms with Crippen molar-refractivity contribution in [3.63, 3.8) is 0 Å². The minimum absolute atomic E-state index is 0.187. The summed E-state index contributed by atoms with van der Waals surface area (Å²) < 4.78 is 0. The summed E-state index contributed by atoms with van der Waals surface area (Å²) in [6.45, 7) is 6.51. The molecule has 1 aromatic rings. The van der Waals surface area contributed by atoms with Crippen molar-refractivity contribution in [2.45, 2.75) is 58.3 Å². The van der Waals surface area contributed by atoms with E-state index in [9.17, 15) is 9.90 Å². The van der Waals surface area contributed by atoms with Gasteiger partial charge in [-0.1, -0.05) is 44.5 Å². The first-order valence-corrected chi connectivity index (χ1v) is 7.35. The highest BCUT2D eigenvalue weighted by atomic mass is 16.3. The van der Waals surface area contributed by atoms with E-state index in [1.54, 1.807) is 0 Å². The molecular weight excluding hydrogens is 252 g/mol. The molecule has 1 fully saturated rings. The molecule has 4 heteroatoms. The lowest BCUT2D eigenvalue weighted by Gasteiger charge is -2.29. The Hall–Kier alpha value is -1.55. The second-order valence-electron chi connectivity index (χ2n) is 5.77. The summed E-state index contributed by atoms with van der Waals surface area (Å²) in [6.07, 6.45) is 1.92.